The molecule has 1 aliphatic rings. The summed E-state index contributed by atoms with van der Waals surface area (Å²) < 4.78 is 0. The van der Waals surface area contributed by atoms with Crippen LogP contribution in [0.4, 0.5) is 5.69 Å². The molecule has 1 aliphatic heterocycles. The number of nitrogens with two attached hydrogens (primary N) is 1. The van der Waals surface area contributed by atoms with Gasteiger partial charge >= 0.3 is 0 Å². The second-order valence-corrected chi connectivity index (χ2v) is 5.74. The van der Waals surface area contributed by atoms with Crippen molar-refractivity contribution in [3.05, 3.63) is 28.8 Å². The Morgan fingerprint density at radius 1 is 1.55 bits per heavy atom. The molecule has 20 heavy (non-hydrogen) atoms. The highest BCUT2D eigenvalue weighted by Crippen LogP contribution is 2.30. The first kappa shape index (κ1) is 15.1. The Hall–Kier alpha value is -1.33. The predicted molar refractivity (Wildman–Crippen MR) is 86.3 cm³/mol. The zero-order chi connectivity index (χ0) is 14.7. The van der Waals surface area contributed by atoms with Crippen LogP contribution in [-0.4, -0.2) is 31.0 Å². The van der Waals surface area contributed by atoms with Crippen molar-refractivity contribution in [1.29, 1.82) is 0 Å². The number of nitrogens with one attached hydrogen (secondary N) is 1. The van der Waals surface area contributed by atoms with E-state index in [1.807, 2.05) is 12.1 Å². The van der Waals surface area contributed by atoms with Gasteiger partial charge in [-0.2, -0.15) is 0 Å². The van der Waals surface area contributed by atoms with Crippen LogP contribution in [-0.2, 0) is 4.79 Å². The van der Waals surface area contributed by atoms with Crippen LogP contribution < -0.4 is 16.0 Å². The average molecular weight is 312 g/mol. The van der Waals surface area contributed by atoms with Crippen molar-refractivity contribution >= 4 is 40.4 Å². The molecule has 0 aromatic heterocycles. The summed E-state index contributed by atoms with van der Waals surface area (Å²) in [5.74, 6) is 0.0699. The fourth-order valence-corrected chi connectivity index (χ4v) is 3.18. The van der Waals surface area contributed by atoms with Crippen LogP contribution in [0.5, 0.6) is 0 Å². The first-order chi connectivity index (χ1) is 9.54. The summed E-state index contributed by atoms with van der Waals surface area (Å²) in [6.45, 7) is 1.54. The third kappa shape index (κ3) is 3.04. The molecule has 4 nitrogen and oxygen atoms in total. The average Bonchev–Trinajstić information content (AvgIpc) is 2.45. The van der Waals surface area contributed by atoms with E-state index in [2.05, 4.69) is 10.2 Å². The molecule has 0 bridgehead atoms. The molecule has 2 rings (SSSR count). The van der Waals surface area contributed by atoms with Crippen molar-refractivity contribution in [3.63, 3.8) is 0 Å². The molecule has 1 fully saturated rings. The molecule has 0 saturated carbocycles. The van der Waals surface area contributed by atoms with Gasteiger partial charge in [0.25, 0.3) is 0 Å². The molecule has 6 heteroatoms. The minimum Gasteiger partial charge on any atom is -0.389 e. The number of hydrogen-bond acceptors (Lipinski definition) is 3. The van der Waals surface area contributed by atoms with E-state index in [1.165, 1.54) is 0 Å². The van der Waals surface area contributed by atoms with Gasteiger partial charge in [-0.25, -0.2) is 0 Å². The van der Waals surface area contributed by atoms with Crippen molar-refractivity contribution in [1.82, 2.24) is 5.32 Å². The highest BCUT2D eigenvalue weighted by molar-refractivity contribution is 7.80. The van der Waals surface area contributed by atoms with Crippen LogP contribution in [0.2, 0.25) is 5.02 Å². The van der Waals surface area contributed by atoms with Crippen LogP contribution in [0, 0.1) is 5.92 Å². The van der Waals surface area contributed by atoms with Gasteiger partial charge in [-0.3, -0.25) is 4.79 Å². The minimum absolute atomic E-state index is 0.00747. The quantitative estimate of drug-likeness (QED) is 0.838. The summed E-state index contributed by atoms with van der Waals surface area (Å²) >= 11 is 11.3. The van der Waals surface area contributed by atoms with Crippen LogP contribution >= 0.6 is 23.8 Å². The maximum absolute atomic E-state index is 11.8. The monoisotopic (exact) mass is 311 g/mol. The van der Waals surface area contributed by atoms with Crippen LogP contribution in [0.15, 0.2) is 18.2 Å². The van der Waals surface area contributed by atoms with Gasteiger partial charge in [-0.05, 0) is 25.0 Å². The van der Waals surface area contributed by atoms with Crippen molar-refractivity contribution in [2.45, 2.75) is 12.8 Å². The molecule has 0 radical (unpaired) electrons. The molecule has 1 saturated heterocycles. The predicted octanol–water partition coefficient (Wildman–Crippen LogP) is 1.94. The smallest absolute Gasteiger partial charge is 0.224 e. The van der Waals surface area contributed by atoms with Crippen molar-refractivity contribution in [2.24, 2.45) is 11.7 Å². The van der Waals surface area contributed by atoms with Gasteiger partial charge < -0.3 is 16.0 Å². The molecule has 1 aromatic carbocycles. The highest BCUT2D eigenvalue weighted by Gasteiger charge is 2.27. The summed E-state index contributed by atoms with van der Waals surface area (Å²) in [6, 6.07) is 5.61. The van der Waals surface area contributed by atoms with Crippen molar-refractivity contribution < 1.29 is 4.79 Å². The zero-order valence-corrected chi connectivity index (χ0v) is 12.9. The first-order valence-electron chi connectivity index (χ1n) is 6.59. The lowest BCUT2D eigenvalue weighted by Gasteiger charge is -2.34. The lowest BCUT2D eigenvalue weighted by molar-refractivity contribution is -0.124. The van der Waals surface area contributed by atoms with E-state index in [9.17, 15) is 4.79 Å². The Morgan fingerprint density at radius 3 is 2.95 bits per heavy atom. The molecule has 1 amide bonds. The Bertz CT molecular complexity index is 535. The van der Waals surface area contributed by atoms with Crippen molar-refractivity contribution in [3.8, 4) is 0 Å². The fourth-order valence-electron chi connectivity index (χ4n) is 2.63. The Balaban J connectivity index is 2.30. The van der Waals surface area contributed by atoms with Gasteiger partial charge in [0.05, 0.1) is 16.5 Å². The maximum atomic E-state index is 11.8. The Morgan fingerprint density at radius 2 is 2.30 bits per heavy atom. The number of carbonyl (C=O) groups is 1. The van der Waals surface area contributed by atoms with E-state index in [1.54, 1.807) is 13.1 Å². The molecular weight excluding hydrogens is 294 g/mol. The van der Waals surface area contributed by atoms with Crippen LogP contribution in [0.25, 0.3) is 0 Å². The van der Waals surface area contributed by atoms with E-state index in [0.29, 0.717) is 17.1 Å². The molecule has 0 aliphatic carbocycles. The molecule has 1 heterocycles. The van der Waals surface area contributed by atoms with Crippen LogP contribution in [0.3, 0.4) is 0 Å². The summed E-state index contributed by atoms with van der Waals surface area (Å²) in [6.07, 6.45) is 1.86. The summed E-state index contributed by atoms with van der Waals surface area (Å²) in [5.41, 5.74) is 7.40. The number of anilines is 1. The first-order valence-corrected chi connectivity index (χ1v) is 7.38. The van der Waals surface area contributed by atoms with Gasteiger partial charge in [-0.15, -0.1) is 0 Å². The number of nitrogens with zero attached hydrogens (tertiary/aromatic N) is 1. The normalized spacial score (nSPS) is 18.7. The second kappa shape index (κ2) is 6.41. The number of carbonyl (C=O) groups excluding carboxylic acids is 1. The molecule has 1 aromatic rings. The molecule has 3 N–H and O–H groups in total. The number of piperidine rings is 1. The number of hydrogen-bond donors (Lipinski definition) is 2. The standard InChI is InChI=1S/C14H18ClN3OS/c1-17-14(19)9-4-3-7-18(8-9)11-6-2-5-10(15)12(11)13(16)20/h2,5-6,9H,3-4,7-8H2,1H3,(H2,16,20)(H,17,19). The van der Waals surface area contributed by atoms with E-state index >= 15 is 0 Å². The third-order valence-corrected chi connectivity index (χ3v) is 4.14. The molecule has 1 unspecified atom stereocenters. The number of halogens is 1. The second-order valence-electron chi connectivity index (χ2n) is 4.90. The van der Waals surface area contributed by atoms with Crippen LogP contribution in [0.1, 0.15) is 18.4 Å². The van der Waals surface area contributed by atoms with E-state index in [-0.39, 0.29) is 16.8 Å². The van der Waals surface area contributed by atoms with Gasteiger partial charge in [0, 0.05) is 25.8 Å². The van der Waals surface area contributed by atoms with E-state index < -0.39 is 0 Å². The lowest BCUT2D eigenvalue weighted by atomic mass is 9.96. The summed E-state index contributed by atoms with van der Waals surface area (Å²) in [5, 5.41) is 3.27. The molecule has 0 spiro atoms. The Labute approximate surface area is 129 Å². The number of rotatable bonds is 3. The molecular formula is C14H18ClN3OS. The van der Waals surface area contributed by atoms with Gasteiger partial charge in [0.2, 0.25) is 5.91 Å². The topological polar surface area (TPSA) is 58.4 Å². The van der Waals surface area contributed by atoms with E-state index in [4.69, 9.17) is 29.6 Å². The van der Waals surface area contributed by atoms with Gasteiger partial charge in [0.15, 0.2) is 0 Å². The Kier molecular flexibility index (Phi) is 4.83. The largest absolute Gasteiger partial charge is 0.389 e. The fraction of sp³-hybridized carbons (Fsp3) is 0.429. The van der Waals surface area contributed by atoms with Crippen molar-refractivity contribution in [2.75, 3.05) is 25.0 Å². The maximum Gasteiger partial charge on any atom is 0.224 e. The molecule has 1 atom stereocenters. The number of benzene rings is 1. The summed E-state index contributed by atoms with van der Waals surface area (Å²) in [4.78, 5) is 14.2. The van der Waals surface area contributed by atoms with Gasteiger partial charge in [0.1, 0.15) is 4.99 Å². The SMILES string of the molecule is CNC(=O)C1CCCN(c2cccc(Cl)c2C(N)=S)C1. The number of amides is 1. The minimum atomic E-state index is -0.00747. The summed E-state index contributed by atoms with van der Waals surface area (Å²) in [7, 11) is 1.67. The zero-order valence-electron chi connectivity index (χ0n) is 11.4. The molecule has 108 valence electrons. The number of thiocarbonyl (C=S) groups is 1. The van der Waals surface area contributed by atoms with Gasteiger partial charge in [-0.1, -0.05) is 29.9 Å². The lowest BCUT2D eigenvalue weighted by Crippen LogP contribution is -2.42. The highest BCUT2D eigenvalue weighted by atomic mass is 35.5. The van der Waals surface area contributed by atoms with E-state index in [0.717, 1.165) is 25.1 Å². The third-order valence-electron chi connectivity index (χ3n) is 3.62.